The highest BCUT2D eigenvalue weighted by Gasteiger charge is 2.11. The number of anilines is 3. The zero-order valence-electron chi connectivity index (χ0n) is 14.6. The molecule has 0 spiro atoms. The minimum atomic E-state index is 0.138. The van der Waals surface area contributed by atoms with E-state index < -0.39 is 0 Å². The Labute approximate surface area is 152 Å². The molecule has 1 heterocycles. The number of fused-ring (bicyclic) bond motifs is 1. The first-order valence-corrected chi connectivity index (χ1v) is 8.70. The molecule has 1 atom stereocenters. The molecule has 26 heavy (non-hydrogen) atoms. The monoisotopic (exact) mass is 340 g/mol. The van der Waals surface area contributed by atoms with Crippen LogP contribution in [0.1, 0.15) is 18.5 Å². The number of nitrogens with zero attached hydrogens (tertiary/aromatic N) is 2. The third-order valence-electron chi connectivity index (χ3n) is 4.29. The van der Waals surface area contributed by atoms with Gasteiger partial charge in [-0.1, -0.05) is 60.7 Å². The predicted octanol–water partition coefficient (Wildman–Crippen LogP) is 5.55. The lowest BCUT2D eigenvalue weighted by Gasteiger charge is -2.17. The highest BCUT2D eigenvalue weighted by Crippen LogP contribution is 2.26. The van der Waals surface area contributed by atoms with Crippen LogP contribution in [-0.4, -0.2) is 9.97 Å². The van der Waals surface area contributed by atoms with Gasteiger partial charge in [0, 0.05) is 17.1 Å². The van der Waals surface area contributed by atoms with Crippen LogP contribution in [0, 0.1) is 0 Å². The second-order valence-electron chi connectivity index (χ2n) is 6.18. The van der Waals surface area contributed by atoms with Gasteiger partial charge in [-0.2, -0.15) is 4.98 Å². The van der Waals surface area contributed by atoms with Crippen LogP contribution < -0.4 is 10.6 Å². The Morgan fingerprint density at radius 3 is 2.15 bits per heavy atom. The molecule has 2 N–H and O–H groups in total. The summed E-state index contributed by atoms with van der Waals surface area (Å²) in [5.41, 5.74) is 3.08. The van der Waals surface area contributed by atoms with Crippen LogP contribution in [-0.2, 0) is 0 Å². The van der Waals surface area contributed by atoms with Crippen LogP contribution in [0.5, 0.6) is 0 Å². The summed E-state index contributed by atoms with van der Waals surface area (Å²) >= 11 is 0. The zero-order chi connectivity index (χ0) is 17.8. The van der Waals surface area contributed by atoms with Gasteiger partial charge in [0.25, 0.3) is 0 Å². The quantitative estimate of drug-likeness (QED) is 0.500. The SMILES string of the molecule is CC(Nc1nc(Nc2ccccc2)nc2ccccc12)c1ccccc1. The molecule has 0 fully saturated rings. The maximum absolute atomic E-state index is 4.73. The average molecular weight is 340 g/mol. The summed E-state index contributed by atoms with van der Waals surface area (Å²) < 4.78 is 0. The van der Waals surface area contributed by atoms with E-state index in [4.69, 9.17) is 4.98 Å². The molecule has 0 saturated carbocycles. The van der Waals surface area contributed by atoms with E-state index in [1.165, 1.54) is 5.56 Å². The fourth-order valence-corrected chi connectivity index (χ4v) is 2.92. The Balaban J connectivity index is 1.70. The van der Waals surface area contributed by atoms with Crippen molar-refractivity contribution < 1.29 is 0 Å². The van der Waals surface area contributed by atoms with Crippen molar-refractivity contribution in [1.29, 1.82) is 0 Å². The first kappa shape index (κ1) is 16.1. The molecule has 0 aliphatic heterocycles. The lowest BCUT2D eigenvalue weighted by molar-refractivity contribution is 0.876. The van der Waals surface area contributed by atoms with Crippen LogP contribution >= 0.6 is 0 Å². The first-order chi connectivity index (χ1) is 12.8. The topological polar surface area (TPSA) is 49.8 Å². The van der Waals surface area contributed by atoms with Gasteiger partial charge in [-0.3, -0.25) is 0 Å². The Bertz CT molecular complexity index is 1000. The van der Waals surface area contributed by atoms with Gasteiger partial charge in [0.2, 0.25) is 5.95 Å². The Morgan fingerprint density at radius 2 is 1.38 bits per heavy atom. The minimum Gasteiger partial charge on any atom is -0.363 e. The molecule has 1 unspecified atom stereocenters. The Hall–Kier alpha value is -3.40. The molecule has 4 aromatic rings. The molecular formula is C22H20N4. The number of hydrogen-bond acceptors (Lipinski definition) is 4. The van der Waals surface area contributed by atoms with Gasteiger partial charge in [-0.15, -0.1) is 0 Å². The number of aromatic nitrogens is 2. The van der Waals surface area contributed by atoms with E-state index in [1.807, 2.05) is 72.8 Å². The summed E-state index contributed by atoms with van der Waals surface area (Å²) in [4.78, 5) is 9.38. The normalized spacial score (nSPS) is 11.9. The van der Waals surface area contributed by atoms with E-state index in [2.05, 4.69) is 34.7 Å². The third-order valence-corrected chi connectivity index (χ3v) is 4.29. The summed E-state index contributed by atoms with van der Waals surface area (Å²) in [6.45, 7) is 2.14. The van der Waals surface area contributed by atoms with Gasteiger partial charge in [0.15, 0.2) is 0 Å². The van der Waals surface area contributed by atoms with Crippen molar-refractivity contribution in [1.82, 2.24) is 9.97 Å². The smallest absolute Gasteiger partial charge is 0.229 e. The van der Waals surface area contributed by atoms with Crippen molar-refractivity contribution in [3.8, 4) is 0 Å². The molecule has 0 amide bonds. The predicted molar refractivity (Wildman–Crippen MR) is 108 cm³/mol. The number of rotatable bonds is 5. The Kier molecular flexibility index (Phi) is 4.48. The highest BCUT2D eigenvalue weighted by atomic mass is 15.1. The molecule has 0 aliphatic rings. The molecule has 0 saturated heterocycles. The van der Waals surface area contributed by atoms with Crippen LogP contribution in [0.2, 0.25) is 0 Å². The summed E-state index contributed by atoms with van der Waals surface area (Å²) in [6, 6.07) is 28.5. The van der Waals surface area contributed by atoms with Crippen LogP contribution in [0.25, 0.3) is 10.9 Å². The van der Waals surface area contributed by atoms with Gasteiger partial charge in [-0.05, 0) is 36.8 Å². The summed E-state index contributed by atoms with van der Waals surface area (Å²) in [7, 11) is 0. The maximum Gasteiger partial charge on any atom is 0.229 e. The lowest BCUT2D eigenvalue weighted by Crippen LogP contribution is -2.10. The zero-order valence-corrected chi connectivity index (χ0v) is 14.6. The standard InChI is InChI=1S/C22H20N4/c1-16(17-10-4-2-5-11-17)23-21-19-14-8-9-15-20(19)25-22(26-21)24-18-12-6-3-7-13-18/h2-16H,1H3,(H2,23,24,25,26). The number of hydrogen-bond donors (Lipinski definition) is 2. The lowest BCUT2D eigenvalue weighted by atomic mass is 10.1. The maximum atomic E-state index is 4.73. The van der Waals surface area contributed by atoms with Gasteiger partial charge in [0.05, 0.1) is 5.52 Å². The van der Waals surface area contributed by atoms with Crippen LogP contribution in [0.3, 0.4) is 0 Å². The van der Waals surface area contributed by atoms with E-state index in [9.17, 15) is 0 Å². The van der Waals surface area contributed by atoms with Crippen molar-refractivity contribution in [3.05, 3.63) is 90.5 Å². The molecule has 4 rings (SSSR count). The molecule has 3 aromatic carbocycles. The summed E-state index contributed by atoms with van der Waals surface area (Å²) in [6.07, 6.45) is 0. The van der Waals surface area contributed by atoms with Crippen molar-refractivity contribution >= 4 is 28.4 Å². The van der Waals surface area contributed by atoms with E-state index in [1.54, 1.807) is 0 Å². The van der Waals surface area contributed by atoms with E-state index >= 15 is 0 Å². The molecule has 0 radical (unpaired) electrons. The fourth-order valence-electron chi connectivity index (χ4n) is 2.92. The fraction of sp³-hybridized carbons (Fsp3) is 0.0909. The molecule has 4 nitrogen and oxygen atoms in total. The van der Waals surface area contributed by atoms with Crippen LogP contribution in [0.15, 0.2) is 84.9 Å². The van der Waals surface area contributed by atoms with E-state index in [0.29, 0.717) is 5.95 Å². The Morgan fingerprint density at radius 1 is 0.731 bits per heavy atom. The largest absolute Gasteiger partial charge is 0.363 e. The highest BCUT2D eigenvalue weighted by molar-refractivity contribution is 5.90. The first-order valence-electron chi connectivity index (χ1n) is 8.70. The minimum absolute atomic E-state index is 0.138. The third kappa shape index (κ3) is 3.49. The number of para-hydroxylation sites is 2. The molecule has 0 bridgehead atoms. The van der Waals surface area contributed by atoms with E-state index in [0.717, 1.165) is 22.4 Å². The van der Waals surface area contributed by atoms with Crippen molar-refractivity contribution in [2.45, 2.75) is 13.0 Å². The second kappa shape index (κ2) is 7.23. The van der Waals surface area contributed by atoms with Gasteiger partial charge < -0.3 is 10.6 Å². The van der Waals surface area contributed by atoms with Crippen LogP contribution in [0.4, 0.5) is 17.5 Å². The average Bonchev–Trinajstić information content (AvgIpc) is 2.69. The molecule has 4 heteroatoms. The van der Waals surface area contributed by atoms with Crippen molar-refractivity contribution in [2.75, 3.05) is 10.6 Å². The molecule has 0 aliphatic carbocycles. The van der Waals surface area contributed by atoms with Crippen molar-refractivity contribution in [3.63, 3.8) is 0 Å². The molecule has 128 valence electrons. The summed E-state index contributed by atoms with van der Waals surface area (Å²) in [5, 5.41) is 7.83. The van der Waals surface area contributed by atoms with Gasteiger partial charge >= 0.3 is 0 Å². The molecular weight excluding hydrogens is 320 g/mol. The number of nitrogens with one attached hydrogen (secondary N) is 2. The summed E-state index contributed by atoms with van der Waals surface area (Å²) in [5.74, 6) is 1.41. The van der Waals surface area contributed by atoms with E-state index in [-0.39, 0.29) is 6.04 Å². The number of benzene rings is 3. The van der Waals surface area contributed by atoms with Gasteiger partial charge in [0.1, 0.15) is 5.82 Å². The van der Waals surface area contributed by atoms with Gasteiger partial charge in [-0.25, -0.2) is 4.98 Å². The molecule has 1 aromatic heterocycles. The second-order valence-corrected chi connectivity index (χ2v) is 6.18. The van der Waals surface area contributed by atoms with Crippen molar-refractivity contribution in [2.24, 2.45) is 0 Å².